The summed E-state index contributed by atoms with van der Waals surface area (Å²) in [6, 6.07) is 20.5. The number of carbonyl (C=O) groups is 1. The van der Waals surface area contributed by atoms with Crippen LogP contribution in [0, 0.1) is 13.8 Å². The number of nitrogens with zero attached hydrogens (tertiary/aromatic N) is 1. The van der Waals surface area contributed by atoms with Crippen molar-refractivity contribution in [3.05, 3.63) is 96.6 Å². The molecule has 0 aromatic heterocycles. The number of benzene rings is 3. The zero-order valence-electron chi connectivity index (χ0n) is 18.1. The Kier molecular flexibility index (Phi) is 7.33. The fraction of sp³-hybridized carbons (Fsp3) is 0.160. The Morgan fingerprint density at radius 3 is 2.44 bits per heavy atom. The van der Waals surface area contributed by atoms with Crippen molar-refractivity contribution < 1.29 is 17.9 Å². The van der Waals surface area contributed by atoms with E-state index in [4.69, 9.17) is 4.74 Å². The molecule has 166 valence electrons. The second-order valence-corrected chi connectivity index (χ2v) is 9.15. The molecule has 0 atom stereocenters. The van der Waals surface area contributed by atoms with E-state index < -0.39 is 15.9 Å². The minimum atomic E-state index is -3.96. The molecule has 0 fully saturated rings. The monoisotopic (exact) mass is 450 g/mol. The summed E-state index contributed by atoms with van der Waals surface area (Å²) in [5.74, 6) is 0.107. The number of carbonyl (C=O) groups excluding carboxylic acids is 1. The number of hydrogen-bond acceptors (Lipinski definition) is 4. The highest BCUT2D eigenvalue weighted by molar-refractivity contribution is 7.92. The molecule has 0 aliphatic heterocycles. The summed E-state index contributed by atoms with van der Waals surface area (Å²) in [5.41, 5.74) is 2.65. The largest absolute Gasteiger partial charge is 0.489 e. The van der Waals surface area contributed by atoms with Crippen LogP contribution in [-0.2, 0) is 14.8 Å². The molecule has 3 rings (SSSR count). The zero-order chi connectivity index (χ0) is 23.1. The lowest BCUT2D eigenvalue weighted by atomic mass is 10.2. The summed E-state index contributed by atoms with van der Waals surface area (Å²) in [4.78, 5) is 13.0. The molecule has 1 amide bonds. The number of sulfonamides is 1. The van der Waals surface area contributed by atoms with Crippen LogP contribution in [-0.4, -0.2) is 27.5 Å². The molecule has 6 nitrogen and oxygen atoms in total. The smallest absolute Gasteiger partial charge is 0.264 e. The number of para-hydroxylation sites is 1. The fourth-order valence-electron chi connectivity index (χ4n) is 3.13. The third-order valence-corrected chi connectivity index (χ3v) is 6.54. The molecular formula is C25H26N2O4S. The van der Waals surface area contributed by atoms with E-state index in [-0.39, 0.29) is 11.4 Å². The molecule has 1 N–H and O–H groups in total. The van der Waals surface area contributed by atoms with E-state index in [0.29, 0.717) is 23.7 Å². The average molecular weight is 451 g/mol. The Morgan fingerprint density at radius 1 is 1.03 bits per heavy atom. The minimum Gasteiger partial charge on any atom is -0.489 e. The van der Waals surface area contributed by atoms with Gasteiger partial charge in [0.1, 0.15) is 18.9 Å². The molecule has 0 unspecified atom stereocenters. The predicted molar refractivity (Wildman–Crippen MR) is 128 cm³/mol. The first-order valence-corrected chi connectivity index (χ1v) is 11.5. The van der Waals surface area contributed by atoms with E-state index in [2.05, 4.69) is 11.9 Å². The normalized spacial score (nSPS) is 10.9. The number of amides is 1. The molecule has 3 aromatic rings. The molecule has 0 bridgehead atoms. The SMILES string of the molecule is C=CCOc1cccc(NC(=O)CN(c2ccccc2C)S(=O)(=O)c2ccc(C)cc2)c1. The third-order valence-electron chi connectivity index (χ3n) is 4.77. The van der Waals surface area contributed by atoms with Gasteiger partial charge in [0.25, 0.3) is 10.0 Å². The van der Waals surface area contributed by atoms with E-state index in [1.807, 2.05) is 26.0 Å². The Hall–Kier alpha value is -3.58. The molecule has 0 aliphatic carbocycles. The van der Waals surface area contributed by atoms with Crippen LogP contribution >= 0.6 is 0 Å². The van der Waals surface area contributed by atoms with Crippen LogP contribution in [0.3, 0.4) is 0 Å². The van der Waals surface area contributed by atoms with Gasteiger partial charge in [0.05, 0.1) is 10.6 Å². The van der Waals surface area contributed by atoms with Gasteiger partial charge in [-0.15, -0.1) is 0 Å². The first-order valence-electron chi connectivity index (χ1n) is 10.1. The zero-order valence-corrected chi connectivity index (χ0v) is 18.9. The van der Waals surface area contributed by atoms with Gasteiger partial charge in [-0.05, 0) is 49.7 Å². The van der Waals surface area contributed by atoms with E-state index in [9.17, 15) is 13.2 Å². The molecule has 0 heterocycles. The fourth-order valence-corrected chi connectivity index (χ4v) is 4.62. The molecule has 0 saturated heterocycles. The summed E-state index contributed by atoms with van der Waals surface area (Å²) >= 11 is 0. The second-order valence-electron chi connectivity index (χ2n) is 7.29. The van der Waals surface area contributed by atoms with Crippen LogP contribution in [0.1, 0.15) is 11.1 Å². The van der Waals surface area contributed by atoms with E-state index >= 15 is 0 Å². The van der Waals surface area contributed by atoms with Gasteiger partial charge in [-0.25, -0.2) is 8.42 Å². The molecule has 0 saturated carbocycles. The molecule has 3 aromatic carbocycles. The van der Waals surface area contributed by atoms with Gasteiger partial charge in [-0.1, -0.05) is 54.6 Å². The van der Waals surface area contributed by atoms with Gasteiger partial charge >= 0.3 is 0 Å². The van der Waals surface area contributed by atoms with E-state index in [1.165, 1.54) is 0 Å². The Bertz CT molecular complexity index is 1200. The Balaban J connectivity index is 1.90. The van der Waals surface area contributed by atoms with Crippen molar-refractivity contribution >= 4 is 27.3 Å². The maximum atomic E-state index is 13.5. The van der Waals surface area contributed by atoms with Gasteiger partial charge in [-0.3, -0.25) is 9.10 Å². The highest BCUT2D eigenvalue weighted by Crippen LogP contribution is 2.27. The number of anilines is 2. The molecular weight excluding hydrogens is 424 g/mol. The standard InChI is InChI=1S/C25H26N2O4S/c1-4-16-31-22-10-7-9-21(17-22)26-25(28)18-27(24-11-6-5-8-20(24)3)32(29,30)23-14-12-19(2)13-15-23/h4-15,17H,1,16,18H2,2-3H3,(H,26,28). The van der Waals surface area contributed by atoms with Gasteiger partial charge in [-0.2, -0.15) is 0 Å². The summed E-state index contributed by atoms with van der Waals surface area (Å²) in [7, 11) is -3.96. The summed E-state index contributed by atoms with van der Waals surface area (Å²) < 4.78 is 33.6. The van der Waals surface area contributed by atoms with Crippen molar-refractivity contribution in [1.29, 1.82) is 0 Å². The van der Waals surface area contributed by atoms with E-state index in [0.717, 1.165) is 15.4 Å². The summed E-state index contributed by atoms with van der Waals surface area (Å²) in [5, 5.41) is 2.76. The van der Waals surface area contributed by atoms with Crippen LogP contribution < -0.4 is 14.4 Å². The van der Waals surface area contributed by atoms with Crippen LogP contribution in [0.15, 0.2) is 90.3 Å². The molecule has 32 heavy (non-hydrogen) atoms. The van der Waals surface area contributed by atoms with Gasteiger partial charge in [0.2, 0.25) is 5.91 Å². The van der Waals surface area contributed by atoms with Crippen LogP contribution in [0.4, 0.5) is 11.4 Å². The van der Waals surface area contributed by atoms with Crippen LogP contribution in [0.25, 0.3) is 0 Å². The number of ether oxygens (including phenoxy) is 1. The van der Waals surface area contributed by atoms with Crippen molar-refractivity contribution in [2.45, 2.75) is 18.7 Å². The maximum Gasteiger partial charge on any atom is 0.264 e. The highest BCUT2D eigenvalue weighted by atomic mass is 32.2. The lowest BCUT2D eigenvalue weighted by Gasteiger charge is -2.25. The van der Waals surface area contributed by atoms with Crippen molar-refractivity contribution in [2.75, 3.05) is 22.8 Å². The van der Waals surface area contributed by atoms with Crippen LogP contribution in [0.5, 0.6) is 5.75 Å². The summed E-state index contributed by atoms with van der Waals surface area (Å²) in [6.45, 7) is 7.27. The molecule has 0 aliphatic rings. The Labute approximate surface area is 189 Å². The quantitative estimate of drug-likeness (QED) is 0.480. The van der Waals surface area contributed by atoms with Crippen molar-refractivity contribution in [3.8, 4) is 5.75 Å². The van der Waals surface area contributed by atoms with Gasteiger partial charge in [0.15, 0.2) is 0 Å². The number of rotatable bonds is 9. The number of nitrogens with one attached hydrogen (secondary N) is 1. The minimum absolute atomic E-state index is 0.124. The molecule has 7 heteroatoms. The van der Waals surface area contributed by atoms with Gasteiger partial charge in [0, 0.05) is 11.8 Å². The lowest BCUT2D eigenvalue weighted by Crippen LogP contribution is -2.38. The lowest BCUT2D eigenvalue weighted by molar-refractivity contribution is -0.114. The second kappa shape index (κ2) is 10.2. The van der Waals surface area contributed by atoms with E-state index in [1.54, 1.807) is 66.7 Å². The average Bonchev–Trinajstić information content (AvgIpc) is 2.77. The predicted octanol–water partition coefficient (Wildman–Crippen LogP) is 4.70. The molecule has 0 spiro atoms. The summed E-state index contributed by atoms with van der Waals surface area (Å²) in [6.07, 6.45) is 1.63. The third kappa shape index (κ3) is 5.56. The number of aryl methyl sites for hydroxylation is 2. The first kappa shape index (κ1) is 23.1. The highest BCUT2D eigenvalue weighted by Gasteiger charge is 2.28. The number of hydrogen-bond donors (Lipinski definition) is 1. The molecule has 0 radical (unpaired) electrons. The first-order chi connectivity index (χ1) is 15.3. The Morgan fingerprint density at radius 2 is 1.75 bits per heavy atom. The topological polar surface area (TPSA) is 75.7 Å². The van der Waals surface area contributed by atoms with Crippen LogP contribution in [0.2, 0.25) is 0 Å². The van der Waals surface area contributed by atoms with Crippen molar-refractivity contribution in [1.82, 2.24) is 0 Å². The van der Waals surface area contributed by atoms with Gasteiger partial charge < -0.3 is 10.1 Å². The maximum absolute atomic E-state index is 13.5. The van der Waals surface area contributed by atoms with Crippen molar-refractivity contribution in [2.24, 2.45) is 0 Å². The van der Waals surface area contributed by atoms with Crippen molar-refractivity contribution in [3.63, 3.8) is 0 Å².